The van der Waals surface area contributed by atoms with Crippen LogP contribution in [0.1, 0.15) is 11.1 Å². The van der Waals surface area contributed by atoms with Gasteiger partial charge in [0.2, 0.25) is 0 Å². The molecule has 1 saturated heterocycles. The molecule has 3 rings (SSSR count). The van der Waals surface area contributed by atoms with Crippen molar-refractivity contribution in [3.63, 3.8) is 0 Å². The number of anilines is 1. The number of aliphatic imine (C=N–C) groups is 1. The SMILES string of the molecule is Cc1ccc(N=Cc2ccc(N3CCOCC3)cc2)cc1[N+](=O)[O-]. The Kier molecular flexibility index (Phi) is 4.86. The van der Waals surface area contributed by atoms with Crippen molar-refractivity contribution >= 4 is 23.3 Å². The second-order valence-electron chi connectivity index (χ2n) is 5.68. The zero-order valence-corrected chi connectivity index (χ0v) is 13.5. The van der Waals surface area contributed by atoms with Gasteiger partial charge in [-0.25, -0.2) is 0 Å². The minimum atomic E-state index is -0.383. The number of nitrogens with zero attached hydrogens (tertiary/aromatic N) is 3. The third-order valence-electron chi connectivity index (χ3n) is 4.02. The number of hydrogen-bond donors (Lipinski definition) is 0. The van der Waals surface area contributed by atoms with Crippen molar-refractivity contribution in [1.29, 1.82) is 0 Å². The van der Waals surface area contributed by atoms with E-state index in [9.17, 15) is 10.1 Å². The average molecular weight is 325 g/mol. The minimum absolute atomic E-state index is 0.0901. The molecule has 2 aromatic carbocycles. The van der Waals surface area contributed by atoms with Crippen molar-refractivity contribution in [2.75, 3.05) is 31.2 Å². The molecule has 0 saturated carbocycles. The van der Waals surface area contributed by atoms with Crippen LogP contribution in [0, 0.1) is 17.0 Å². The molecule has 1 heterocycles. The van der Waals surface area contributed by atoms with Crippen LogP contribution in [0.3, 0.4) is 0 Å². The lowest BCUT2D eigenvalue weighted by Gasteiger charge is -2.28. The Balaban J connectivity index is 1.72. The molecule has 0 unspecified atom stereocenters. The summed E-state index contributed by atoms with van der Waals surface area (Å²) >= 11 is 0. The predicted octanol–water partition coefficient (Wildman–Crippen LogP) is 3.49. The monoisotopic (exact) mass is 325 g/mol. The molecule has 1 aliphatic rings. The van der Waals surface area contributed by atoms with Crippen molar-refractivity contribution in [2.45, 2.75) is 6.92 Å². The van der Waals surface area contributed by atoms with Crippen molar-refractivity contribution in [2.24, 2.45) is 4.99 Å². The van der Waals surface area contributed by atoms with Gasteiger partial charge in [-0.1, -0.05) is 18.2 Å². The van der Waals surface area contributed by atoms with Crippen LogP contribution >= 0.6 is 0 Å². The van der Waals surface area contributed by atoms with Gasteiger partial charge in [0.15, 0.2) is 0 Å². The Morgan fingerprint density at radius 2 is 1.88 bits per heavy atom. The Morgan fingerprint density at radius 3 is 2.54 bits per heavy atom. The predicted molar refractivity (Wildman–Crippen MR) is 94.6 cm³/mol. The van der Waals surface area contributed by atoms with Gasteiger partial charge in [-0.15, -0.1) is 0 Å². The summed E-state index contributed by atoms with van der Waals surface area (Å²) in [4.78, 5) is 17.2. The van der Waals surface area contributed by atoms with Crippen LogP contribution in [0.4, 0.5) is 17.1 Å². The number of ether oxygens (including phenoxy) is 1. The van der Waals surface area contributed by atoms with Gasteiger partial charge in [-0.3, -0.25) is 15.1 Å². The summed E-state index contributed by atoms with van der Waals surface area (Å²) in [7, 11) is 0. The summed E-state index contributed by atoms with van der Waals surface area (Å²) in [6.07, 6.45) is 1.72. The number of nitro groups is 1. The molecule has 0 atom stereocenters. The van der Waals surface area contributed by atoms with Crippen LogP contribution in [0.25, 0.3) is 0 Å². The van der Waals surface area contributed by atoms with Gasteiger partial charge in [0.05, 0.1) is 23.8 Å². The Hall–Kier alpha value is -2.73. The number of aryl methyl sites for hydroxylation is 1. The van der Waals surface area contributed by atoms with Gasteiger partial charge < -0.3 is 9.64 Å². The van der Waals surface area contributed by atoms with Crippen molar-refractivity contribution in [3.05, 3.63) is 63.7 Å². The second-order valence-corrected chi connectivity index (χ2v) is 5.68. The topological polar surface area (TPSA) is 68.0 Å². The minimum Gasteiger partial charge on any atom is -0.378 e. The highest BCUT2D eigenvalue weighted by Gasteiger charge is 2.11. The van der Waals surface area contributed by atoms with Gasteiger partial charge in [0.25, 0.3) is 5.69 Å². The largest absolute Gasteiger partial charge is 0.378 e. The van der Waals surface area contributed by atoms with Crippen molar-refractivity contribution in [3.8, 4) is 0 Å². The average Bonchev–Trinajstić information content (AvgIpc) is 2.62. The van der Waals surface area contributed by atoms with Crippen LogP contribution in [0.5, 0.6) is 0 Å². The molecule has 0 aliphatic carbocycles. The van der Waals surface area contributed by atoms with Gasteiger partial charge in [0.1, 0.15) is 0 Å². The van der Waals surface area contributed by atoms with Crippen LogP contribution in [-0.2, 0) is 4.74 Å². The Labute approximate surface area is 140 Å². The van der Waals surface area contributed by atoms with E-state index >= 15 is 0 Å². The normalized spacial score (nSPS) is 15.0. The molecule has 1 aliphatic heterocycles. The summed E-state index contributed by atoms with van der Waals surface area (Å²) in [6.45, 7) is 5.04. The molecular weight excluding hydrogens is 306 g/mol. The summed E-state index contributed by atoms with van der Waals surface area (Å²) in [5, 5.41) is 11.0. The molecular formula is C18H19N3O3. The first-order valence-corrected chi connectivity index (χ1v) is 7.85. The van der Waals surface area contributed by atoms with Gasteiger partial charge in [-0.05, 0) is 30.7 Å². The number of rotatable bonds is 4. The fourth-order valence-electron chi connectivity index (χ4n) is 2.62. The van der Waals surface area contributed by atoms with Gasteiger partial charge >= 0.3 is 0 Å². The quantitative estimate of drug-likeness (QED) is 0.490. The van der Waals surface area contributed by atoms with Crippen LogP contribution in [0.15, 0.2) is 47.5 Å². The third kappa shape index (κ3) is 3.78. The maximum Gasteiger partial charge on any atom is 0.274 e. The summed E-state index contributed by atoms with van der Waals surface area (Å²) in [5.41, 5.74) is 3.42. The molecule has 0 spiro atoms. The summed E-state index contributed by atoms with van der Waals surface area (Å²) in [6, 6.07) is 13.1. The summed E-state index contributed by atoms with van der Waals surface area (Å²) in [5.74, 6) is 0. The zero-order chi connectivity index (χ0) is 16.9. The van der Waals surface area contributed by atoms with Gasteiger partial charge in [-0.2, -0.15) is 0 Å². The number of nitro benzene ring substituents is 1. The molecule has 0 aromatic heterocycles. The lowest BCUT2D eigenvalue weighted by Crippen LogP contribution is -2.36. The fraction of sp³-hybridized carbons (Fsp3) is 0.278. The van der Waals surface area contributed by atoms with E-state index in [1.807, 2.05) is 12.1 Å². The Bertz CT molecular complexity index is 751. The number of morpholine rings is 1. The third-order valence-corrected chi connectivity index (χ3v) is 4.02. The van der Waals surface area contributed by atoms with E-state index in [1.54, 1.807) is 25.3 Å². The second kappa shape index (κ2) is 7.23. The smallest absolute Gasteiger partial charge is 0.274 e. The van der Waals surface area contributed by atoms with E-state index < -0.39 is 0 Å². The van der Waals surface area contributed by atoms with E-state index in [2.05, 4.69) is 22.0 Å². The molecule has 124 valence electrons. The van der Waals surface area contributed by atoms with Crippen LogP contribution in [-0.4, -0.2) is 37.4 Å². The first-order valence-electron chi connectivity index (χ1n) is 7.85. The highest BCUT2D eigenvalue weighted by molar-refractivity contribution is 5.82. The van der Waals surface area contributed by atoms with Crippen molar-refractivity contribution < 1.29 is 9.66 Å². The first kappa shape index (κ1) is 16.1. The lowest BCUT2D eigenvalue weighted by atomic mass is 10.2. The molecule has 0 radical (unpaired) electrons. The molecule has 2 aromatic rings. The van der Waals surface area contributed by atoms with E-state index in [-0.39, 0.29) is 10.6 Å². The molecule has 1 fully saturated rings. The number of benzene rings is 2. The maximum atomic E-state index is 11.0. The van der Waals surface area contributed by atoms with Crippen LogP contribution < -0.4 is 4.90 Å². The highest BCUT2D eigenvalue weighted by atomic mass is 16.6. The molecule has 24 heavy (non-hydrogen) atoms. The highest BCUT2D eigenvalue weighted by Crippen LogP contribution is 2.24. The van der Waals surface area contributed by atoms with E-state index in [4.69, 9.17) is 4.74 Å². The van der Waals surface area contributed by atoms with Crippen molar-refractivity contribution in [1.82, 2.24) is 0 Å². The lowest BCUT2D eigenvalue weighted by molar-refractivity contribution is -0.385. The van der Waals surface area contributed by atoms with Gasteiger partial charge in [0, 0.05) is 36.6 Å². The zero-order valence-electron chi connectivity index (χ0n) is 13.5. The Morgan fingerprint density at radius 1 is 1.17 bits per heavy atom. The molecule has 6 nitrogen and oxygen atoms in total. The van der Waals surface area contributed by atoms with E-state index in [0.29, 0.717) is 11.3 Å². The molecule has 0 amide bonds. The molecule has 0 bridgehead atoms. The number of hydrogen-bond acceptors (Lipinski definition) is 5. The molecule has 0 N–H and O–H groups in total. The van der Waals surface area contributed by atoms with Crippen LogP contribution in [0.2, 0.25) is 0 Å². The van der Waals surface area contributed by atoms with E-state index in [1.165, 1.54) is 11.8 Å². The molecule has 6 heteroatoms. The maximum absolute atomic E-state index is 11.0. The standard InChI is InChI=1S/C18H19N3O3/c1-14-2-5-16(12-18(14)21(22)23)19-13-15-3-6-17(7-4-15)20-8-10-24-11-9-20/h2-7,12-13H,8-11H2,1H3. The first-order chi connectivity index (χ1) is 11.6. The summed E-state index contributed by atoms with van der Waals surface area (Å²) < 4.78 is 5.36. The van der Waals surface area contributed by atoms with E-state index in [0.717, 1.165) is 31.9 Å². The fourth-order valence-corrected chi connectivity index (χ4v) is 2.62.